The lowest BCUT2D eigenvalue weighted by Gasteiger charge is -2.27. The van der Waals surface area contributed by atoms with Crippen LogP contribution >= 0.6 is 23.1 Å². The summed E-state index contributed by atoms with van der Waals surface area (Å²) in [6.45, 7) is 5.28. The zero-order valence-electron chi connectivity index (χ0n) is 15.1. The van der Waals surface area contributed by atoms with Crippen molar-refractivity contribution in [3.8, 4) is 0 Å². The van der Waals surface area contributed by atoms with Crippen molar-refractivity contribution in [2.45, 2.75) is 32.9 Å². The van der Waals surface area contributed by atoms with Gasteiger partial charge in [0, 0.05) is 10.6 Å². The fourth-order valence-corrected chi connectivity index (χ4v) is 3.12. The molecule has 5 N–H and O–H groups in total. The molecule has 0 saturated heterocycles. The van der Waals surface area contributed by atoms with Crippen LogP contribution in [-0.4, -0.2) is 32.7 Å². The van der Waals surface area contributed by atoms with Crippen LogP contribution in [0.25, 0.3) is 0 Å². The molecule has 0 aliphatic heterocycles. The van der Waals surface area contributed by atoms with Crippen LogP contribution < -0.4 is 16.8 Å². The fraction of sp³-hybridized carbons (Fsp3) is 0.294. The zero-order valence-corrected chi connectivity index (χ0v) is 16.6. The number of rotatable bonds is 4. The van der Waals surface area contributed by atoms with E-state index in [4.69, 9.17) is 23.1 Å². The molecule has 2 aromatic rings. The van der Waals surface area contributed by atoms with Gasteiger partial charge in [-0.2, -0.15) is 4.37 Å². The highest BCUT2D eigenvalue weighted by Gasteiger charge is 2.31. The van der Waals surface area contributed by atoms with Crippen molar-refractivity contribution in [3.63, 3.8) is 0 Å². The number of nitrogen functional groups attached to an aromatic ring is 1. The maximum atomic E-state index is 13.0. The summed E-state index contributed by atoms with van der Waals surface area (Å²) in [4.78, 5) is 38.0. The number of urea groups is 1. The Balaban J connectivity index is 2.42. The van der Waals surface area contributed by atoms with E-state index in [-0.39, 0.29) is 22.8 Å². The van der Waals surface area contributed by atoms with Crippen molar-refractivity contribution in [2.75, 3.05) is 5.73 Å². The maximum absolute atomic E-state index is 13.0. The van der Waals surface area contributed by atoms with Gasteiger partial charge in [0.1, 0.15) is 4.88 Å². The highest BCUT2D eigenvalue weighted by molar-refractivity contribution is 7.09. The maximum Gasteiger partial charge on any atom is 0.325 e. The van der Waals surface area contributed by atoms with E-state index < -0.39 is 23.4 Å². The van der Waals surface area contributed by atoms with Crippen LogP contribution in [0.5, 0.6) is 0 Å². The van der Waals surface area contributed by atoms with Gasteiger partial charge in [-0.1, -0.05) is 29.8 Å². The molecule has 10 heteroatoms. The van der Waals surface area contributed by atoms with E-state index in [1.54, 1.807) is 45.0 Å². The number of aromatic nitrogens is 1. The number of benzene rings is 1. The lowest BCUT2D eigenvalue weighted by molar-refractivity contribution is 0.0790. The second-order valence-electron chi connectivity index (χ2n) is 6.80. The largest absolute Gasteiger partial charge is 0.395 e. The molecule has 0 aliphatic rings. The molecule has 0 saturated carbocycles. The second kappa shape index (κ2) is 7.93. The zero-order chi connectivity index (χ0) is 20.4. The molecule has 0 radical (unpaired) electrons. The van der Waals surface area contributed by atoms with Crippen molar-refractivity contribution in [1.82, 2.24) is 14.6 Å². The quantitative estimate of drug-likeness (QED) is 0.714. The normalized spacial score (nSPS) is 11.1. The van der Waals surface area contributed by atoms with Gasteiger partial charge >= 0.3 is 6.03 Å². The second-order valence-corrected chi connectivity index (χ2v) is 7.98. The Kier molecular flexibility index (Phi) is 6.07. The summed E-state index contributed by atoms with van der Waals surface area (Å²) in [5.74, 6) is -1.54. The van der Waals surface area contributed by atoms with Gasteiger partial charge in [0.05, 0.1) is 12.2 Å². The predicted octanol–water partition coefficient (Wildman–Crippen LogP) is 2.63. The van der Waals surface area contributed by atoms with Crippen molar-refractivity contribution < 1.29 is 14.4 Å². The first kappa shape index (κ1) is 20.7. The first-order chi connectivity index (χ1) is 12.5. The van der Waals surface area contributed by atoms with E-state index in [2.05, 4.69) is 9.69 Å². The third-order valence-corrected chi connectivity index (χ3v) is 4.63. The summed E-state index contributed by atoms with van der Waals surface area (Å²) in [7, 11) is 0. The summed E-state index contributed by atoms with van der Waals surface area (Å²) in [6, 6.07) is 6.23. The molecule has 1 aromatic heterocycles. The van der Waals surface area contributed by atoms with Crippen LogP contribution in [0.3, 0.4) is 0 Å². The molecule has 144 valence electrons. The van der Waals surface area contributed by atoms with Gasteiger partial charge in [0.2, 0.25) is 0 Å². The van der Waals surface area contributed by atoms with Gasteiger partial charge in [-0.25, -0.2) is 4.79 Å². The highest BCUT2D eigenvalue weighted by Crippen LogP contribution is 2.25. The molecular formula is C17H20ClN5O3S. The van der Waals surface area contributed by atoms with Crippen molar-refractivity contribution in [2.24, 2.45) is 5.73 Å². The van der Waals surface area contributed by atoms with Crippen LogP contribution in [0.2, 0.25) is 5.02 Å². The summed E-state index contributed by atoms with van der Waals surface area (Å²) >= 11 is 6.88. The van der Waals surface area contributed by atoms with Crippen molar-refractivity contribution >= 4 is 46.7 Å². The van der Waals surface area contributed by atoms with Gasteiger partial charge in [0.15, 0.2) is 5.69 Å². The minimum Gasteiger partial charge on any atom is -0.395 e. The smallest absolute Gasteiger partial charge is 0.325 e. The fourth-order valence-electron chi connectivity index (χ4n) is 2.17. The number of hydrogen-bond acceptors (Lipinski definition) is 6. The number of nitrogens with zero attached hydrogens (tertiary/aromatic N) is 2. The third kappa shape index (κ3) is 4.95. The average Bonchev–Trinajstić information content (AvgIpc) is 2.93. The number of amides is 4. The van der Waals surface area contributed by atoms with Gasteiger partial charge in [-0.05, 0) is 43.9 Å². The molecule has 1 heterocycles. The van der Waals surface area contributed by atoms with Gasteiger partial charge in [-0.15, -0.1) is 0 Å². The SMILES string of the molecule is CC(C)(C)NC(=O)N(Cc1ccccc1Cl)C(=O)c1snc(C(N)=O)c1N. The number of imide groups is 1. The molecule has 2 rings (SSSR count). The minimum atomic E-state index is -0.848. The van der Waals surface area contributed by atoms with E-state index in [9.17, 15) is 14.4 Å². The molecule has 1 aromatic carbocycles. The highest BCUT2D eigenvalue weighted by atomic mass is 35.5. The van der Waals surface area contributed by atoms with Crippen molar-refractivity contribution in [3.05, 3.63) is 45.4 Å². The van der Waals surface area contributed by atoms with E-state index in [1.807, 2.05) is 0 Å². The van der Waals surface area contributed by atoms with Crippen molar-refractivity contribution in [1.29, 1.82) is 0 Å². The molecule has 27 heavy (non-hydrogen) atoms. The molecule has 4 amide bonds. The average molecular weight is 410 g/mol. The van der Waals surface area contributed by atoms with Gasteiger partial charge in [-0.3, -0.25) is 14.5 Å². The summed E-state index contributed by atoms with van der Waals surface area (Å²) in [6.07, 6.45) is 0. The first-order valence-corrected chi connectivity index (χ1v) is 9.08. The number of carbonyl (C=O) groups is 3. The van der Waals surface area contributed by atoms with E-state index in [0.29, 0.717) is 22.1 Å². The predicted molar refractivity (Wildman–Crippen MR) is 105 cm³/mol. The number of anilines is 1. The first-order valence-electron chi connectivity index (χ1n) is 7.93. The molecule has 0 spiro atoms. The monoisotopic (exact) mass is 409 g/mol. The Morgan fingerprint density at radius 2 is 1.89 bits per heavy atom. The molecule has 0 aliphatic carbocycles. The Bertz CT molecular complexity index is 891. The van der Waals surface area contributed by atoms with Crippen LogP contribution in [0.4, 0.5) is 10.5 Å². The lowest BCUT2D eigenvalue weighted by Crippen LogP contribution is -2.50. The number of nitrogens with one attached hydrogen (secondary N) is 1. The van der Waals surface area contributed by atoms with Crippen LogP contribution in [0.1, 0.15) is 46.5 Å². The lowest BCUT2D eigenvalue weighted by atomic mass is 10.1. The van der Waals surface area contributed by atoms with E-state index >= 15 is 0 Å². The Morgan fingerprint density at radius 3 is 2.41 bits per heavy atom. The number of hydrogen-bond donors (Lipinski definition) is 3. The standard InChI is InChI=1S/C17H20ClN5O3S/c1-17(2,3)21-16(26)23(8-9-6-4-5-7-10(9)18)15(25)13-11(19)12(14(20)24)22-27-13/h4-7H,8,19H2,1-3H3,(H2,20,24)(H,21,26). The number of primary amides is 1. The number of carbonyl (C=O) groups excluding carboxylic acids is 3. The number of halogens is 1. The summed E-state index contributed by atoms with van der Waals surface area (Å²) in [5, 5.41) is 3.14. The van der Waals surface area contributed by atoms with E-state index in [0.717, 1.165) is 4.90 Å². The molecule has 0 atom stereocenters. The Hall–Kier alpha value is -2.65. The van der Waals surface area contributed by atoms with Gasteiger partial charge in [0.25, 0.3) is 11.8 Å². The minimum absolute atomic E-state index is 0.0417. The molecule has 0 bridgehead atoms. The molecule has 0 fully saturated rings. The van der Waals surface area contributed by atoms with Crippen LogP contribution in [0, 0.1) is 0 Å². The molecular weight excluding hydrogens is 390 g/mol. The van der Waals surface area contributed by atoms with Gasteiger partial charge < -0.3 is 16.8 Å². The van der Waals surface area contributed by atoms with Crippen LogP contribution in [-0.2, 0) is 6.54 Å². The third-order valence-electron chi connectivity index (χ3n) is 3.41. The number of nitrogens with two attached hydrogens (primary N) is 2. The topological polar surface area (TPSA) is 131 Å². The Labute approximate surface area is 165 Å². The Morgan fingerprint density at radius 1 is 1.26 bits per heavy atom. The summed E-state index contributed by atoms with van der Waals surface area (Å²) < 4.78 is 3.81. The molecule has 0 unspecified atom stereocenters. The van der Waals surface area contributed by atoms with Crippen LogP contribution in [0.15, 0.2) is 24.3 Å². The summed E-state index contributed by atoms with van der Waals surface area (Å²) in [5.41, 5.74) is 10.7. The van der Waals surface area contributed by atoms with E-state index in [1.165, 1.54) is 0 Å². The molecule has 8 nitrogen and oxygen atoms in total.